The van der Waals surface area contributed by atoms with Crippen LogP contribution in [0.3, 0.4) is 0 Å². The van der Waals surface area contributed by atoms with E-state index in [9.17, 15) is 4.79 Å². The molecule has 0 aliphatic rings. The van der Waals surface area contributed by atoms with E-state index in [-0.39, 0.29) is 0 Å². The Bertz CT molecular complexity index is 359. The predicted octanol–water partition coefficient (Wildman–Crippen LogP) is 1.49. The van der Waals surface area contributed by atoms with Crippen LogP contribution in [0.1, 0.15) is 35.3 Å². The molecule has 0 aliphatic heterocycles. The molecule has 0 saturated heterocycles. The summed E-state index contributed by atoms with van der Waals surface area (Å²) >= 11 is 0. The molecular weight excluding hydrogens is 176 g/mol. The highest BCUT2D eigenvalue weighted by atomic mass is 16.1. The second-order valence-electron chi connectivity index (χ2n) is 3.24. The van der Waals surface area contributed by atoms with Crippen LogP contribution in [0.15, 0.2) is 12.1 Å². The van der Waals surface area contributed by atoms with E-state index < -0.39 is 5.91 Å². The molecule has 0 fully saturated rings. The third-order valence-corrected chi connectivity index (χ3v) is 2.45. The number of hydrogen-bond donors (Lipinski definition) is 2. The zero-order valence-corrected chi connectivity index (χ0v) is 8.63. The predicted molar refractivity (Wildman–Crippen MR) is 58.1 cm³/mol. The fourth-order valence-electron chi connectivity index (χ4n) is 1.67. The van der Waals surface area contributed by atoms with Crippen molar-refractivity contribution in [2.75, 3.05) is 5.73 Å². The number of aryl methyl sites for hydroxylation is 1. The standard InChI is InChI=1S/C11H16N2O/c1-3-7-5-6-9(11(13)14)10(12)8(7)4-2/h5-6H,3-4,12H2,1-2H3,(H2,13,14). The maximum absolute atomic E-state index is 11.0. The normalized spacial score (nSPS) is 10.1. The maximum Gasteiger partial charge on any atom is 0.250 e. The van der Waals surface area contributed by atoms with E-state index in [1.807, 2.05) is 13.0 Å². The van der Waals surface area contributed by atoms with Crippen LogP contribution in [0.25, 0.3) is 0 Å². The third-order valence-electron chi connectivity index (χ3n) is 2.45. The molecule has 0 unspecified atom stereocenters. The summed E-state index contributed by atoms with van der Waals surface area (Å²) in [4.78, 5) is 11.0. The van der Waals surface area contributed by atoms with Crippen molar-refractivity contribution in [2.45, 2.75) is 26.7 Å². The van der Waals surface area contributed by atoms with Crippen molar-refractivity contribution in [2.24, 2.45) is 5.73 Å². The number of amides is 1. The van der Waals surface area contributed by atoms with Gasteiger partial charge in [-0.3, -0.25) is 4.79 Å². The number of nitrogen functional groups attached to an aromatic ring is 1. The molecule has 0 saturated carbocycles. The van der Waals surface area contributed by atoms with E-state index in [1.54, 1.807) is 6.07 Å². The molecular formula is C11H16N2O. The summed E-state index contributed by atoms with van der Waals surface area (Å²) in [6.45, 7) is 4.09. The molecule has 3 heteroatoms. The van der Waals surface area contributed by atoms with E-state index in [2.05, 4.69) is 6.92 Å². The molecule has 1 amide bonds. The van der Waals surface area contributed by atoms with Crippen molar-refractivity contribution < 1.29 is 4.79 Å². The summed E-state index contributed by atoms with van der Waals surface area (Å²) in [6, 6.07) is 3.63. The van der Waals surface area contributed by atoms with Crippen LogP contribution in [-0.4, -0.2) is 5.91 Å². The smallest absolute Gasteiger partial charge is 0.250 e. The summed E-state index contributed by atoms with van der Waals surface area (Å²) in [5, 5.41) is 0. The molecule has 76 valence electrons. The first kappa shape index (κ1) is 10.6. The van der Waals surface area contributed by atoms with Crippen LogP contribution < -0.4 is 11.5 Å². The van der Waals surface area contributed by atoms with Crippen molar-refractivity contribution in [1.29, 1.82) is 0 Å². The van der Waals surface area contributed by atoms with Crippen molar-refractivity contribution in [3.63, 3.8) is 0 Å². The largest absolute Gasteiger partial charge is 0.398 e. The van der Waals surface area contributed by atoms with Gasteiger partial charge in [-0.05, 0) is 30.0 Å². The molecule has 1 rings (SSSR count). The molecule has 1 aromatic rings. The van der Waals surface area contributed by atoms with Gasteiger partial charge < -0.3 is 11.5 Å². The topological polar surface area (TPSA) is 69.1 Å². The summed E-state index contributed by atoms with van der Waals surface area (Å²) < 4.78 is 0. The molecule has 0 aliphatic carbocycles. The highest BCUT2D eigenvalue weighted by Gasteiger charge is 2.11. The zero-order valence-electron chi connectivity index (χ0n) is 8.63. The summed E-state index contributed by atoms with van der Waals surface area (Å²) in [5.41, 5.74) is 14.3. The molecule has 0 aromatic heterocycles. The number of hydrogen-bond acceptors (Lipinski definition) is 2. The van der Waals surface area contributed by atoms with Crippen LogP contribution in [0.5, 0.6) is 0 Å². The summed E-state index contributed by atoms with van der Waals surface area (Å²) in [6.07, 6.45) is 1.75. The average Bonchev–Trinajstić information content (AvgIpc) is 2.16. The number of anilines is 1. The Morgan fingerprint density at radius 3 is 2.36 bits per heavy atom. The van der Waals surface area contributed by atoms with Crippen molar-refractivity contribution in [3.05, 3.63) is 28.8 Å². The Labute approximate surface area is 84.1 Å². The second kappa shape index (κ2) is 4.13. The van der Waals surface area contributed by atoms with Gasteiger partial charge in [0.05, 0.1) is 5.56 Å². The molecule has 0 bridgehead atoms. The minimum absolute atomic E-state index is 0.430. The first-order valence-electron chi connectivity index (χ1n) is 4.81. The quantitative estimate of drug-likeness (QED) is 0.712. The highest BCUT2D eigenvalue weighted by Crippen LogP contribution is 2.22. The fourth-order valence-corrected chi connectivity index (χ4v) is 1.67. The van der Waals surface area contributed by atoms with Gasteiger partial charge in [0.25, 0.3) is 5.91 Å². The molecule has 0 heterocycles. The zero-order chi connectivity index (χ0) is 10.7. The molecule has 0 atom stereocenters. The third kappa shape index (κ3) is 1.71. The van der Waals surface area contributed by atoms with Crippen molar-refractivity contribution >= 4 is 11.6 Å². The van der Waals surface area contributed by atoms with Crippen LogP contribution in [0.4, 0.5) is 5.69 Å². The summed E-state index contributed by atoms with van der Waals surface area (Å²) in [7, 11) is 0. The Hall–Kier alpha value is -1.51. The SMILES string of the molecule is CCc1ccc(C(N)=O)c(N)c1CC. The van der Waals surface area contributed by atoms with Gasteiger partial charge in [0, 0.05) is 5.69 Å². The van der Waals surface area contributed by atoms with Crippen LogP contribution >= 0.6 is 0 Å². The maximum atomic E-state index is 11.0. The average molecular weight is 192 g/mol. The lowest BCUT2D eigenvalue weighted by atomic mass is 9.97. The number of rotatable bonds is 3. The van der Waals surface area contributed by atoms with Gasteiger partial charge in [-0.15, -0.1) is 0 Å². The number of nitrogens with two attached hydrogens (primary N) is 2. The molecule has 0 spiro atoms. The number of primary amides is 1. The molecule has 0 radical (unpaired) electrons. The van der Waals surface area contributed by atoms with Gasteiger partial charge in [-0.1, -0.05) is 19.9 Å². The second-order valence-corrected chi connectivity index (χ2v) is 3.24. The minimum Gasteiger partial charge on any atom is -0.398 e. The van der Waals surface area contributed by atoms with Gasteiger partial charge in [0.2, 0.25) is 0 Å². The Balaban J connectivity index is 3.34. The highest BCUT2D eigenvalue weighted by molar-refractivity contribution is 5.98. The minimum atomic E-state index is -0.458. The van der Waals surface area contributed by atoms with Gasteiger partial charge in [-0.25, -0.2) is 0 Å². The van der Waals surface area contributed by atoms with E-state index in [1.165, 1.54) is 5.56 Å². The molecule has 4 N–H and O–H groups in total. The lowest BCUT2D eigenvalue weighted by molar-refractivity contribution is 0.100. The Kier molecular flexibility index (Phi) is 3.12. The first-order valence-corrected chi connectivity index (χ1v) is 4.81. The van der Waals surface area contributed by atoms with Crippen molar-refractivity contribution in [1.82, 2.24) is 0 Å². The number of carbonyl (C=O) groups excluding carboxylic acids is 1. The van der Waals surface area contributed by atoms with Crippen LogP contribution in [0, 0.1) is 0 Å². The van der Waals surface area contributed by atoms with Gasteiger partial charge in [0.1, 0.15) is 0 Å². The van der Waals surface area contributed by atoms with E-state index in [0.717, 1.165) is 18.4 Å². The Morgan fingerprint density at radius 2 is 1.93 bits per heavy atom. The number of benzene rings is 1. The molecule has 14 heavy (non-hydrogen) atoms. The van der Waals surface area contributed by atoms with Gasteiger partial charge in [0.15, 0.2) is 0 Å². The van der Waals surface area contributed by atoms with E-state index in [0.29, 0.717) is 11.3 Å². The molecule has 1 aromatic carbocycles. The van der Waals surface area contributed by atoms with E-state index in [4.69, 9.17) is 11.5 Å². The lowest BCUT2D eigenvalue weighted by Crippen LogP contribution is -2.15. The fraction of sp³-hybridized carbons (Fsp3) is 0.364. The van der Waals surface area contributed by atoms with Crippen LogP contribution in [0.2, 0.25) is 0 Å². The van der Waals surface area contributed by atoms with Gasteiger partial charge in [-0.2, -0.15) is 0 Å². The van der Waals surface area contributed by atoms with E-state index >= 15 is 0 Å². The monoisotopic (exact) mass is 192 g/mol. The first-order chi connectivity index (χ1) is 6.61. The van der Waals surface area contributed by atoms with Crippen molar-refractivity contribution in [3.8, 4) is 0 Å². The van der Waals surface area contributed by atoms with Gasteiger partial charge >= 0.3 is 0 Å². The number of carbonyl (C=O) groups is 1. The molecule has 3 nitrogen and oxygen atoms in total. The summed E-state index contributed by atoms with van der Waals surface area (Å²) in [5.74, 6) is -0.458. The Morgan fingerprint density at radius 1 is 1.29 bits per heavy atom. The lowest BCUT2D eigenvalue weighted by Gasteiger charge is -2.11. The van der Waals surface area contributed by atoms with Crippen LogP contribution in [-0.2, 0) is 12.8 Å².